The number of fused-ring (bicyclic) bond motifs is 1. The van der Waals surface area contributed by atoms with Gasteiger partial charge in [0.2, 0.25) is 5.91 Å². The highest BCUT2D eigenvalue weighted by atomic mass is 32.1. The summed E-state index contributed by atoms with van der Waals surface area (Å²) in [4.78, 5) is 26.6. The molecule has 2 aromatic heterocycles. The number of nitrogens with one attached hydrogen (secondary N) is 1. The summed E-state index contributed by atoms with van der Waals surface area (Å²) in [5.41, 5.74) is -0.796. The molecule has 7 nitrogen and oxygen atoms in total. The molecule has 0 radical (unpaired) electrons. The smallest absolute Gasteiger partial charge is 0.416 e. The van der Waals surface area contributed by atoms with Crippen molar-refractivity contribution in [2.45, 2.75) is 13.1 Å². The summed E-state index contributed by atoms with van der Waals surface area (Å²) < 4.78 is 39.3. The fraction of sp³-hybridized carbons (Fsp3) is 0.143. The number of nitrogens with zero attached hydrogens (tertiary/aromatic N) is 3. The van der Waals surface area contributed by atoms with Crippen LogP contribution in [0, 0.1) is 0 Å². The molecule has 0 fully saturated rings. The van der Waals surface area contributed by atoms with E-state index in [2.05, 4.69) is 15.4 Å². The predicted octanol–water partition coefficient (Wildman–Crippen LogP) is 3.16. The third-order valence-corrected chi connectivity index (χ3v) is 4.12. The van der Waals surface area contributed by atoms with E-state index in [9.17, 15) is 27.9 Å². The minimum absolute atomic E-state index is 0.130. The van der Waals surface area contributed by atoms with Crippen molar-refractivity contribution in [3.8, 4) is 5.69 Å². The largest absolute Gasteiger partial charge is 0.476 e. The Bertz CT molecular complexity index is 976. The molecule has 0 spiro atoms. The Kier molecular flexibility index (Phi) is 3.95. The van der Waals surface area contributed by atoms with E-state index in [0.29, 0.717) is 0 Å². The Morgan fingerprint density at radius 1 is 1.24 bits per heavy atom. The molecule has 130 valence electrons. The molecular weight excluding hydrogens is 361 g/mol. The third-order valence-electron chi connectivity index (χ3n) is 3.15. The molecule has 0 aliphatic heterocycles. The van der Waals surface area contributed by atoms with Gasteiger partial charge in [-0.05, 0) is 24.3 Å². The van der Waals surface area contributed by atoms with Gasteiger partial charge >= 0.3 is 12.1 Å². The molecule has 11 heteroatoms. The molecule has 0 bridgehead atoms. The van der Waals surface area contributed by atoms with E-state index < -0.39 is 17.7 Å². The highest BCUT2D eigenvalue weighted by Crippen LogP contribution is 2.32. The molecule has 0 atom stereocenters. The zero-order valence-electron chi connectivity index (χ0n) is 12.5. The Morgan fingerprint density at radius 3 is 2.40 bits per heavy atom. The van der Waals surface area contributed by atoms with Crippen molar-refractivity contribution in [3.05, 3.63) is 35.5 Å². The Hall–Kier alpha value is -2.95. The zero-order chi connectivity index (χ0) is 18.4. The van der Waals surface area contributed by atoms with Crippen molar-refractivity contribution in [1.82, 2.24) is 14.8 Å². The lowest BCUT2D eigenvalue weighted by Crippen LogP contribution is -2.07. The highest BCUT2D eigenvalue weighted by Gasteiger charge is 2.30. The van der Waals surface area contributed by atoms with Gasteiger partial charge < -0.3 is 10.4 Å². The van der Waals surface area contributed by atoms with Crippen molar-refractivity contribution < 1.29 is 27.9 Å². The average Bonchev–Trinajstić information content (AvgIpc) is 3.03. The molecular formula is C14H9F3N4O3S. The Balaban J connectivity index is 2.13. The second kappa shape index (κ2) is 5.84. The van der Waals surface area contributed by atoms with Crippen molar-refractivity contribution in [2.75, 3.05) is 5.32 Å². The number of hydrogen-bond acceptors (Lipinski definition) is 5. The Morgan fingerprint density at radius 2 is 1.88 bits per heavy atom. The molecule has 1 aromatic carbocycles. The lowest BCUT2D eigenvalue weighted by atomic mass is 10.2. The maximum Gasteiger partial charge on any atom is 0.416 e. The summed E-state index contributed by atoms with van der Waals surface area (Å²) >= 11 is 0.916. The van der Waals surface area contributed by atoms with E-state index in [1.165, 1.54) is 6.92 Å². The summed E-state index contributed by atoms with van der Waals surface area (Å²) in [6.45, 7) is 1.27. The van der Waals surface area contributed by atoms with Gasteiger partial charge in [0.15, 0.2) is 16.5 Å². The normalized spacial score (nSPS) is 11.7. The summed E-state index contributed by atoms with van der Waals surface area (Å²) in [5, 5.41) is 15.8. The van der Waals surface area contributed by atoms with Crippen LogP contribution in [0.3, 0.4) is 0 Å². The van der Waals surface area contributed by atoms with Gasteiger partial charge in [-0.25, -0.2) is 9.48 Å². The first-order valence-electron chi connectivity index (χ1n) is 6.75. The van der Waals surface area contributed by atoms with Crippen LogP contribution in [0.5, 0.6) is 0 Å². The lowest BCUT2D eigenvalue weighted by molar-refractivity contribution is -0.137. The van der Waals surface area contributed by atoms with Crippen molar-refractivity contribution in [1.29, 1.82) is 0 Å². The van der Waals surface area contributed by atoms with Gasteiger partial charge in [-0.2, -0.15) is 23.3 Å². The van der Waals surface area contributed by atoms with E-state index in [0.717, 1.165) is 40.3 Å². The molecule has 2 heterocycles. The maximum absolute atomic E-state index is 12.7. The first kappa shape index (κ1) is 16.9. The third kappa shape index (κ3) is 3.18. The molecule has 3 rings (SSSR count). The number of rotatable bonds is 3. The molecule has 0 aliphatic carbocycles. The fourth-order valence-corrected chi connectivity index (χ4v) is 3.09. The maximum atomic E-state index is 12.7. The summed E-state index contributed by atoms with van der Waals surface area (Å²) in [6.07, 6.45) is -4.48. The molecule has 0 unspecified atom stereocenters. The SMILES string of the molecule is CC(=O)Nc1nc2c(s1)c(C(=O)O)nn2-c1ccc(C(F)(F)F)cc1. The molecule has 1 amide bonds. The van der Waals surface area contributed by atoms with Crippen LogP contribution < -0.4 is 5.32 Å². The molecule has 3 aromatic rings. The van der Waals surface area contributed by atoms with Crippen LogP contribution >= 0.6 is 11.3 Å². The monoisotopic (exact) mass is 370 g/mol. The number of carbonyl (C=O) groups is 2. The van der Waals surface area contributed by atoms with E-state index in [-0.39, 0.29) is 32.8 Å². The van der Waals surface area contributed by atoms with E-state index in [1.807, 2.05) is 0 Å². The van der Waals surface area contributed by atoms with Gasteiger partial charge in [-0.15, -0.1) is 0 Å². The van der Waals surface area contributed by atoms with E-state index >= 15 is 0 Å². The number of carboxylic acid groups (broad SMARTS) is 1. The van der Waals surface area contributed by atoms with E-state index in [1.54, 1.807) is 0 Å². The molecule has 0 saturated heterocycles. The van der Waals surface area contributed by atoms with Gasteiger partial charge in [0.05, 0.1) is 11.3 Å². The van der Waals surface area contributed by atoms with Crippen molar-refractivity contribution >= 4 is 38.7 Å². The van der Waals surface area contributed by atoms with Crippen molar-refractivity contribution in [3.63, 3.8) is 0 Å². The standard InChI is InChI=1S/C14H9F3N4O3S/c1-6(22)18-13-19-11-10(25-13)9(12(23)24)20-21(11)8-4-2-7(3-5-8)14(15,16)17/h2-5H,1H3,(H,23,24)(H,18,19,22). The Labute approximate surface area is 141 Å². The number of alkyl halides is 3. The van der Waals surface area contributed by atoms with Crippen molar-refractivity contribution in [2.24, 2.45) is 0 Å². The average molecular weight is 370 g/mol. The van der Waals surface area contributed by atoms with Crippen LogP contribution in [0.4, 0.5) is 18.3 Å². The minimum atomic E-state index is -4.48. The number of carboxylic acids is 1. The second-order valence-electron chi connectivity index (χ2n) is 4.96. The van der Waals surface area contributed by atoms with E-state index in [4.69, 9.17) is 0 Å². The van der Waals surface area contributed by atoms with Gasteiger partial charge in [0.25, 0.3) is 0 Å². The quantitative estimate of drug-likeness (QED) is 0.738. The van der Waals surface area contributed by atoms with Gasteiger partial charge in [0.1, 0.15) is 4.70 Å². The summed E-state index contributed by atoms with van der Waals surface area (Å²) in [7, 11) is 0. The van der Waals surface area contributed by atoms with Crippen LogP contribution in [0.15, 0.2) is 24.3 Å². The molecule has 2 N–H and O–H groups in total. The van der Waals surface area contributed by atoms with Crippen LogP contribution in [0.1, 0.15) is 23.0 Å². The number of aromatic carboxylic acids is 1. The lowest BCUT2D eigenvalue weighted by Gasteiger charge is -2.07. The number of hydrogen-bond donors (Lipinski definition) is 2. The summed E-state index contributed by atoms with van der Waals surface area (Å²) in [6, 6.07) is 4.06. The highest BCUT2D eigenvalue weighted by molar-refractivity contribution is 7.22. The minimum Gasteiger partial charge on any atom is -0.476 e. The molecule has 25 heavy (non-hydrogen) atoms. The van der Waals surface area contributed by atoms with Crippen LogP contribution in [-0.2, 0) is 11.0 Å². The van der Waals surface area contributed by atoms with Crippen LogP contribution in [0.2, 0.25) is 0 Å². The van der Waals surface area contributed by atoms with Gasteiger partial charge in [-0.3, -0.25) is 4.79 Å². The van der Waals surface area contributed by atoms with Crippen LogP contribution in [-0.4, -0.2) is 31.7 Å². The number of carbonyl (C=O) groups excluding carboxylic acids is 1. The number of thiazole rings is 1. The first-order valence-corrected chi connectivity index (χ1v) is 7.56. The molecule has 0 saturated carbocycles. The van der Waals surface area contributed by atoms with Crippen LogP contribution in [0.25, 0.3) is 16.0 Å². The second-order valence-corrected chi connectivity index (χ2v) is 5.96. The predicted molar refractivity (Wildman–Crippen MR) is 83.0 cm³/mol. The number of aromatic nitrogens is 3. The summed E-state index contributed by atoms with van der Waals surface area (Å²) in [5.74, 6) is -1.70. The first-order chi connectivity index (χ1) is 11.7. The number of benzene rings is 1. The molecule has 0 aliphatic rings. The van der Waals surface area contributed by atoms with Gasteiger partial charge in [-0.1, -0.05) is 11.3 Å². The number of anilines is 1. The fourth-order valence-electron chi connectivity index (χ4n) is 2.12. The van der Waals surface area contributed by atoms with Gasteiger partial charge in [0, 0.05) is 6.92 Å². The topological polar surface area (TPSA) is 97.1 Å². The zero-order valence-corrected chi connectivity index (χ0v) is 13.3. The number of halogens is 3. The number of amides is 1.